The van der Waals surface area contributed by atoms with Crippen molar-refractivity contribution in [1.29, 1.82) is 5.41 Å². The summed E-state index contributed by atoms with van der Waals surface area (Å²) in [7, 11) is 3.39. The molecule has 5 nitrogen and oxygen atoms in total. The van der Waals surface area contributed by atoms with E-state index in [0.717, 1.165) is 36.6 Å². The van der Waals surface area contributed by atoms with Gasteiger partial charge in [-0.3, -0.25) is 10.3 Å². The van der Waals surface area contributed by atoms with E-state index in [1.54, 1.807) is 14.2 Å². The fourth-order valence-corrected chi connectivity index (χ4v) is 2.33. The Kier molecular flexibility index (Phi) is 4.98. The molecule has 0 aliphatic heterocycles. The average Bonchev–Trinajstić information content (AvgIpc) is 3.27. The number of amidine groups is 1. The summed E-state index contributed by atoms with van der Waals surface area (Å²) in [5.74, 6) is 0.932. The van der Waals surface area contributed by atoms with Crippen LogP contribution in [0.4, 0.5) is 0 Å². The Morgan fingerprint density at radius 1 is 1.40 bits per heavy atom. The second-order valence-corrected chi connectivity index (χ2v) is 5.13. The smallest absolute Gasteiger partial charge is 0.123 e. The highest BCUT2D eigenvalue weighted by atomic mass is 16.5. The van der Waals surface area contributed by atoms with Gasteiger partial charge in [-0.05, 0) is 31.0 Å². The van der Waals surface area contributed by atoms with Crippen LogP contribution in [-0.4, -0.2) is 44.1 Å². The lowest BCUT2D eigenvalue weighted by atomic mass is 10.1. The summed E-state index contributed by atoms with van der Waals surface area (Å²) in [4.78, 5) is 2.41. The van der Waals surface area contributed by atoms with E-state index in [9.17, 15) is 0 Å². The number of nitrogen functional groups attached to an aromatic ring is 1. The van der Waals surface area contributed by atoms with E-state index in [4.69, 9.17) is 20.6 Å². The van der Waals surface area contributed by atoms with Crippen molar-refractivity contribution in [1.82, 2.24) is 4.90 Å². The zero-order chi connectivity index (χ0) is 14.5. The van der Waals surface area contributed by atoms with Crippen LogP contribution in [0.15, 0.2) is 18.2 Å². The third-order valence-corrected chi connectivity index (χ3v) is 3.61. The third kappa shape index (κ3) is 3.71. The van der Waals surface area contributed by atoms with Crippen LogP contribution in [0.25, 0.3) is 0 Å². The van der Waals surface area contributed by atoms with Gasteiger partial charge >= 0.3 is 0 Å². The quantitative estimate of drug-likeness (QED) is 0.559. The number of nitrogens with zero attached hydrogens (tertiary/aromatic N) is 1. The SMILES string of the molecule is COCCN(Cc1cc(C(=N)N)ccc1OC)C1CC1. The van der Waals surface area contributed by atoms with Gasteiger partial charge in [0.2, 0.25) is 0 Å². The molecule has 2 rings (SSSR count). The Hall–Kier alpha value is -1.59. The van der Waals surface area contributed by atoms with Crippen LogP contribution in [0.1, 0.15) is 24.0 Å². The summed E-state index contributed by atoms with van der Waals surface area (Å²) in [6.07, 6.45) is 2.50. The Morgan fingerprint density at radius 3 is 2.70 bits per heavy atom. The molecule has 5 heteroatoms. The van der Waals surface area contributed by atoms with E-state index in [0.29, 0.717) is 6.04 Å². The highest BCUT2D eigenvalue weighted by Gasteiger charge is 2.29. The molecule has 1 fully saturated rings. The number of benzene rings is 1. The molecule has 0 radical (unpaired) electrons. The van der Waals surface area contributed by atoms with Crippen LogP contribution in [0.5, 0.6) is 5.75 Å². The molecule has 110 valence electrons. The Bertz CT molecular complexity index is 472. The molecule has 1 aliphatic rings. The predicted octanol–water partition coefficient (Wildman–Crippen LogP) is 1.59. The first kappa shape index (κ1) is 14.8. The molecule has 1 aromatic rings. The Morgan fingerprint density at radius 2 is 2.15 bits per heavy atom. The van der Waals surface area contributed by atoms with Crippen LogP contribution in [0, 0.1) is 5.41 Å². The van der Waals surface area contributed by atoms with Crippen molar-refractivity contribution in [3.63, 3.8) is 0 Å². The predicted molar refractivity (Wildman–Crippen MR) is 79.3 cm³/mol. The van der Waals surface area contributed by atoms with Gasteiger partial charge in [0.05, 0.1) is 13.7 Å². The zero-order valence-electron chi connectivity index (χ0n) is 12.2. The summed E-state index contributed by atoms with van der Waals surface area (Å²) in [5, 5.41) is 7.55. The van der Waals surface area contributed by atoms with Gasteiger partial charge in [-0.15, -0.1) is 0 Å². The van der Waals surface area contributed by atoms with Crippen LogP contribution in [0.2, 0.25) is 0 Å². The summed E-state index contributed by atoms with van der Waals surface area (Å²) < 4.78 is 10.6. The minimum absolute atomic E-state index is 0.0868. The lowest BCUT2D eigenvalue weighted by Gasteiger charge is -2.23. The molecule has 0 saturated heterocycles. The molecule has 0 amide bonds. The maximum Gasteiger partial charge on any atom is 0.123 e. The first-order chi connectivity index (χ1) is 9.65. The van der Waals surface area contributed by atoms with Crippen LogP contribution in [0.3, 0.4) is 0 Å². The summed E-state index contributed by atoms with van der Waals surface area (Å²) in [5.41, 5.74) is 7.38. The molecule has 0 aromatic heterocycles. The van der Waals surface area contributed by atoms with Crippen molar-refractivity contribution in [3.8, 4) is 5.75 Å². The van der Waals surface area contributed by atoms with E-state index >= 15 is 0 Å². The Labute approximate surface area is 120 Å². The second-order valence-electron chi connectivity index (χ2n) is 5.13. The van der Waals surface area contributed by atoms with E-state index in [1.807, 2.05) is 18.2 Å². The van der Waals surface area contributed by atoms with Crippen molar-refractivity contribution in [2.24, 2.45) is 5.73 Å². The number of nitrogens with one attached hydrogen (secondary N) is 1. The molecule has 0 bridgehead atoms. The molecule has 0 unspecified atom stereocenters. The summed E-state index contributed by atoms with van der Waals surface area (Å²) in [6.45, 7) is 2.44. The lowest BCUT2D eigenvalue weighted by molar-refractivity contribution is 0.139. The van der Waals surface area contributed by atoms with Crippen molar-refractivity contribution in [2.75, 3.05) is 27.4 Å². The summed E-state index contributed by atoms with van der Waals surface area (Å²) >= 11 is 0. The maximum absolute atomic E-state index is 7.55. The number of rotatable bonds is 8. The van der Waals surface area contributed by atoms with Gasteiger partial charge in [0.15, 0.2) is 0 Å². The molecule has 3 N–H and O–H groups in total. The van der Waals surface area contributed by atoms with Gasteiger partial charge in [0, 0.05) is 37.4 Å². The first-order valence-electron chi connectivity index (χ1n) is 6.90. The van der Waals surface area contributed by atoms with Crippen molar-refractivity contribution in [2.45, 2.75) is 25.4 Å². The minimum Gasteiger partial charge on any atom is -0.496 e. The Balaban J connectivity index is 2.16. The molecule has 0 spiro atoms. The van der Waals surface area contributed by atoms with Gasteiger partial charge in [-0.25, -0.2) is 0 Å². The second kappa shape index (κ2) is 6.72. The fraction of sp³-hybridized carbons (Fsp3) is 0.533. The molecule has 20 heavy (non-hydrogen) atoms. The summed E-state index contributed by atoms with van der Waals surface area (Å²) in [6, 6.07) is 6.30. The van der Waals surface area contributed by atoms with Gasteiger partial charge in [-0.1, -0.05) is 0 Å². The largest absolute Gasteiger partial charge is 0.496 e. The minimum atomic E-state index is 0.0868. The highest BCUT2D eigenvalue weighted by molar-refractivity contribution is 5.95. The van der Waals surface area contributed by atoms with Crippen LogP contribution < -0.4 is 10.5 Å². The zero-order valence-corrected chi connectivity index (χ0v) is 12.2. The monoisotopic (exact) mass is 277 g/mol. The molecule has 0 heterocycles. The normalized spacial score (nSPS) is 14.6. The number of hydrogen-bond acceptors (Lipinski definition) is 4. The molecule has 1 aromatic carbocycles. The fourth-order valence-electron chi connectivity index (χ4n) is 2.33. The highest BCUT2D eigenvalue weighted by Crippen LogP contribution is 2.30. The molecular formula is C15H23N3O2. The number of methoxy groups -OCH3 is 2. The molecule has 1 saturated carbocycles. The van der Waals surface area contributed by atoms with Gasteiger partial charge in [0.1, 0.15) is 11.6 Å². The van der Waals surface area contributed by atoms with Crippen LogP contribution >= 0.6 is 0 Å². The standard InChI is InChI=1S/C15H23N3O2/c1-19-8-7-18(13-4-5-13)10-12-9-11(15(16)17)3-6-14(12)20-2/h3,6,9,13H,4-5,7-8,10H2,1-2H3,(H3,16,17). The first-order valence-corrected chi connectivity index (χ1v) is 6.90. The number of ether oxygens (including phenoxy) is 2. The molecular weight excluding hydrogens is 254 g/mol. The average molecular weight is 277 g/mol. The molecule has 0 atom stereocenters. The molecule has 1 aliphatic carbocycles. The van der Waals surface area contributed by atoms with Gasteiger partial charge < -0.3 is 15.2 Å². The van der Waals surface area contributed by atoms with E-state index in [2.05, 4.69) is 4.90 Å². The topological polar surface area (TPSA) is 71.6 Å². The van der Waals surface area contributed by atoms with Gasteiger partial charge in [-0.2, -0.15) is 0 Å². The van der Waals surface area contributed by atoms with E-state index < -0.39 is 0 Å². The van der Waals surface area contributed by atoms with Gasteiger partial charge in [0.25, 0.3) is 0 Å². The van der Waals surface area contributed by atoms with Crippen molar-refractivity contribution < 1.29 is 9.47 Å². The van der Waals surface area contributed by atoms with E-state index in [-0.39, 0.29) is 5.84 Å². The van der Waals surface area contributed by atoms with E-state index in [1.165, 1.54) is 12.8 Å². The third-order valence-electron chi connectivity index (χ3n) is 3.61. The lowest BCUT2D eigenvalue weighted by Crippen LogP contribution is -2.29. The van der Waals surface area contributed by atoms with Crippen molar-refractivity contribution >= 4 is 5.84 Å². The van der Waals surface area contributed by atoms with Crippen LogP contribution in [-0.2, 0) is 11.3 Å². The number of hydrogen-bond donors (Lipinski definition) is 2. The maximum atomic E-state index is 7.55. The number of nitrogens with two attached hydrogens (primary N) is 1. The van der Waals surface area contributed by atoms with Crippen molar-refractivity contribution in [3.05, 3.63) is 29.3 Å².